The van der Waals surface area contributed by atoms with Gasteiger partial charge in [0.05, 0.1) is 0 Å². The highest BCUT2D eigenvalue weighted by Crippen LogP contribution is 2.51. The van der Waals surface area contributed by atoms with Crippen LogP contribution in [0, 0.1) is 10.8 Å². The molecule has 0 radical (unpaired) electrons. The molecule has 2 heteroatoms. The van der Waals surface area contributed by atoms with E-state index in [-0.39, 0.29) is 10.8 Å². The second-order valence-electron chi connectivity index (χ2n) is 8.87. The Kier molecular flexibility index (Phi) is 3.51. The molecule has 0 aromatic rings. The van der Waals surface area contributed by atoms with Gasteiger partial charge in [0.2, 0.25) is 0 Å². The Morgan fingerprint density at radius 1 is 0.750 bits per heavy atom. The first-order valence-corrected chi connectivity index (χ1v) is 7.68. The largest absolute Gasteiger partial charge is 0.382 e. The van der Waals surface area contributed by atoms with Gasteiger partial charge in [-0.2, -0.15) is 0 Å². The van der Waals surface area contributed by atoms with Crippen molar-refractivity contribution in [1.82, 2.24) is 0 Å². The summed E-state index contributed by atoms with van der Waals surface area (Å²) in [4.78, 5) is 0. The number of hydrogen-bond acceptors (Lipinski definition) is 2. The summed E-state index contributed by atoms with van der Waals surface area (Å²) < 4.78 is 0. The van der Waals surface area contributed by atoms with E-state index in [1.807, 2.05) is 12.2 Å². The smallest absolute Gasteiger partial charge is 0.116 e. The van der Waals surface area contributed by atoms with Crippen molar-refractivity contribution in [2.45, 2.75) is 78.4 Å². The van der Waals surface area contributed by atoms with E-state index in [0.717, 1.165) is 12.8 Å². The lowest BCUT2D eigenvalue weighted by atomic mass is 9.59. The van der Waals surface area contributed by atoms with E-state index in [1.54, 1.807) is 0 Å². The maximum absolute atomic E-state index is 11.2. The lowest BCUT2D eigenvalue weighted by Gasteiger charge is -2.52. The first-order chi connectivity index (χ1) is 8.87. The summed E-state index contributed by atoms with van der Waals surface area (Å²) in [6.07, 6.45) is 6.99. The second kappa shape index (κ2) is 4.45. The lowest BCUT2D eigenvalue weighted by Crippen LogP contribution is -2.58. The van der Waals surface area contributed by atoms with E-state index in [0.29, 0.717) is 12.8 Å². The summed E-state index contributed by atoms with van der Waals surface area (Å²) in [6, 6.07) is 0. The van der Waals surface area contributed by atoms with Crippen LogP contribution in [0.15, 0.2) is 23.3 Å². The topological polar surface area (TPSA) is 40.5 Å². The van der Waals surface area contributed by atoms with E-state index in [4.69, 9.17) is 0 Å². The molecule has 0 saturated heterocycles. The molecule has 2 N–H and O–H groups in total. The fourth-order valence-electron chi connectivity index (χ4n) is 4.67. The van der Waals surface area contributed by atoms with Crippen LogP contribution in [0.25, 0.3) is 0 Å². The summed E-state index contributed by atoms with van der Waals surface area (Å²) in [7, 11) is 0. The van der Waals surface area contributed by atoms with Crippen molar-refractivity contribution in [3.05, 3.63) is 23.3 Å². The lowest BCUT2D eigenvalue weighted by molar-refractivity contribution is -0.137. The van der Waals surface area contributed by atoms with Gasteiger partial charge in [-0.1, -0.05) is 51.0 Å². The number of allylic oxidation sites excluding steroid dienone is 2. The van der Waals surface area contributed by atoms with E-state index in [9.17, 15) is 10.2 Å². The van der Waals surface area contributed by atoms with Crippen molar-refractivity contribution >= 4 is 0 Å². The van der Waals surface area contributed by atoms with E-state index in [2.05, 4.69) is 41.5 Å². The van der Waals surface area contributed by atoms with Gasteiger partial charge in [-0.3, -0.25) is 0 Å². The van der Waals surface area contributed by atoms with E-state index >= 15 is 0 Å². The number of hydrogen-bond donors (Lipinski definition) is 2. The highest BCUT2D eigenvalue weighted by molar-refractivity contribution is 5.31. The Bertz CT molecular complexity index is 426. The fourth-order valence-corrected chi connectivity index (χ4v) is 4.67. The molecule has 0 aliphatic heterocycles. The van der Waals surface area contributed by atoms with Gasteiger partial charge < -0.3 is 10.2 Å². The van der Waals surface area contributed by atoms with Gasteiger partial charge in [0.15, 0.2) is 0 Å². The molecule has 0 fully saturated rings. The van der Waals surface area contributed by atoms with Gasteiger partial charge in [0.1, 0.15) is 11.2 Å². The molecule has 0 heterocycles. The van der Waals surface area contributed by atoms with Crippen LogP contribution in [0.4, 0.5) is 0 Å². The third-order valence-electron chi connectivity index (χ3n) is 4.73. The van der Waals surface area contributed by atoms with Gasteiger partial charge in [-0.05, 0) is 50.4 Å². The van der Waals surface area contributed by atoms with Crippen LogP contribution < -0.4 is 0 Å². The number of rotatable bonds is 1. The second-order valence-corrected chi connectivity index (χ2v) is 8.87. The molecular formula is C18H30O2. The molecule has 0 aromatic heterocycles. The minimum Gasteiger partial charge on any atom is -0.382 e. The van der Waals surface area contributed by atoms with Gasteiger partial charge in [-0.15, -0.1) is 0 Å². The van der Waals surface area contributed by atoms with E-state index < -0.39 is 11.2 Å². The highest BCUT2D eigenvalue weighted by atomic mass is 16.4. The average Bonchev–Trinajstić information content (AvgIpc) is 2.07. The van der Waals surface area contributed by atoms with Gasteiger partial charge in [0, 0.05) is 0 Å². The monoisotopic (exact) mass is 278 g/mol. The Labute approximate surface area is 123 Å². The molecule has 2 aliphatic carbocycles. The van der Waals surface area contributed by atoms with Crippen molar-refractivity contribution < 1.29 is 10.2 Å². The Balaban J connectivity index is 2.48. The highest BCUT2D eigenvalue weighted by Gasteiger charge is 2.54. The van der Waals surface area contributed by atoms with Crippen molar-refractivity contribution in [3.63, 3.8) is 0 Å². The zero-order valence-corrected chi connectivity index (χ0v) is 13.9. The minimum atomic E-state index is -1.15. The quantitative estimate of drug-likeness (QED) is 0.712. The fraction of sp³-hybridized carbons (Fsp3) is 0.778. The summed E-state index contributed by atoms with van der Waals surface area (Å²) >= 11 is 0. The SMILES string of the molecule is CC1=CC(O)(C2(O)C=C(C)CC(C)(C)C2)CC(C)(C)C1. The third-order valence-corrected chi connectivity index (χ3v) is 4.73. The molecule has 2 unspecified atom stereocenters. The van der Waals surface area contributed by atoms with Crippen LogP contribution >= 0.6 is 0 Å². The minimum absolute atomic E-state index is 0.0205. The average molecular weight is 278 g/mol. The molecular weight excluding hydrogens is 248 g/mol. The molecule has 0 saturated carbocycles. The summed E-state index contributed by atoms with van der Waals surface area (Å²) in [5.41, 5.74) is 0.0766. The van der Waals surface area contributed by atoms with Gasteiger partial charge >= 0.3 is 0 Å². The van der Waals surface area contributed by atoms with Crippen LogP contribution in [-0.4, -0.2) is 21.4 Å². The van der Waals surface area contributed by atoms with Crippen molar-refractivity contribution in [3.8, 4) is 0 Å². The van der Waals surface area contributed by atoms with Crippen LogP contribution in [0.2, 0.25) is 0 Å². The normalized spacial score (nSPS) is 40.0. The Morgan fingerprint density at radius 2 is 1.05 bits per heavy atom. The summed E-state index contributed by atoms with van der Waals surface area (Å²) in [6.45, 7) is 12.8. The molecule has 2 rings (SSSR count). The molecule has 2 nitrogen and oxygen atoms in total. The Hall–Kier alpha value is -0.600. The molecule has 114 valence electrons. The third kappa shape index (κ3) is 2.87. The van der Waals surface area contributed by atoms with Crippen LogP contribution in [0.3, 0.4) is 0 Å². The maximum atomic E-state index is 11.2. The molecule has 2 aliphatic rings. The summed E-state index contributed by atoms with van der Waals surface area (Å²) in [5.74, 6) is 0. The molecule has 20 heavy (non-hydrogen) atoms. The van der Waals surface area contributed by atoms with Gasteiger partial charge in [0.25, 0.3) is 0 Å². The van der Waals surface area contributed by atoms with Crippen LogP contribution in [0.1, 0.15) is 67.2 Å². The van der Waals surface area contributed by atoms with Crippen LogP contribution in [-0.2, 0) is 0 Å². The summed E-state index contributed by atoms with van der Waals surface area (Å²) in [5, 5.41) is 22.5. The predicted octanol–water partition coefficient (Wildman–Crippen LogP) is 3.98. The standard InChI is InChI=1S/C18H30O2/c1-13-7-15(3,4)11-17(19,9-13)18(20)10-14(2)8-16(5,6)12-18/h9-10,19-20H,7-8,11-12H2,1-6H3. The van der Waals surface area contributed by atoms with Crippen molar-refractivity contribution in [2.24, 2.45) is 10.8 Å². The van der Waals surface area contributed by atoms with Crippen molar-refractivity contribution in [1.29, 1.82) is 0 Å². The first kappa shape index (κ1) is 15.8. The van der Waals surface area contributed by atoms with E-state index in [1.165, 1.54) is 11.1 Å². The molecule has 0 spiro atoms. The molecule has 0 bridgehead atoms. The molecule has 0 aromatic carbocycles. The zero-order chi connectivity index (χ0) is 15.4. The van der Waals surface area contributed by atoms with Gasteiger partial charge in [-0.25, -0.2) is 0 Å². The number of aliphatic hydroxyl groups is 2. The molecule has 2 atom stereocenters. The zero-order valence-electron chi connectivity index (χ0n) is 13.9. The molecule has 0 amide bonds. The van der Waals surface area contributed by atoms with Crippen molar-refractivity contribution in [2.75, 3.05) is 0 Å². The Morgan fingerprint density at radius 3 is 1.30 bits per heavy atom. The predicted molar refractivity (Wildman–Crippen MR) is 83.4 cm³/mol. The maximum Gasteiger partial charge on any atom is 0.116 e. The van der Waals surface area contributed by atoms with Crippen LogP contribution in [0.5, 0.6) is 0 Å². The first-order valence-electron chi connectivity index (χ1n) is 7.68.